The zero-order chi connectivity index (χ0) is 31.6. The van der Waals surface area contributed by atoms with Crippen LogP contribution in [0.1, 0.15) is 71.9 Å². The largest absolute Gasteiger partial charge is 0.351 e. The minimum atomic E-state index is -0.281. The first-order chi connectivity index (χ1) is 20.9. The van der Waals surface area contributed by atoms with Gasteiger partial charge in [0.25, 0.3) is 5.56 Å². The summed E-state index contributed by atoms with van der Waals surface area (Å²) in [6, 6.07) is 9.76. The van der Waals surface area contributed by atoms with E-state index < -0.39 is 0 Å². The first-order valence-electron chi connectivity index (χ1n) is 15.8. The van der Waals surface area contributed by atoms with Crippen molar-refractivity contribution >= 4 is 29.0 Å². The molecule has 0 unspecified atom stereocenters. The quantitative estimate of drug-likeness (QED) is 0.381. The molecule has 2 fully saturated rings. The molecule has 3 aromatic rings. The maximum absolute atomic E-state index is 14.2. The third kappa shape index (κ3) is 7.14. The number of nitrogens with zero attached hydrogens (tertiary/aromatic N) is 5. The number of urea groups is 2. The van der Waals surface area contributed by atoms with Gasteiger partial charge in [0.1, 0.15) is 5.65 Å². The lowest BCUT2D eigenvalue weighted by molar-refractivity contribution is 0.169. The molecule has 2 aromatic heterocycles. The molecule has 2 aliphatic rings. The maximum atomic E-state index is 14.2. The van der Waals surface area contributed by atoms with E-state index in [-0.39, 0.29) is 41.3 Å². The molecular weight excluding hydrogens is 556 g/mol. The molecule has 3 N–H and O–H groups in total. The van der Waals surface area contributed by atoms with Gasteiger partial charge in [-0.05, 0) is 84.4 Å². The monoisotopic (exact) mass is 602 g/mol. The van der Waals surface area contributed by atoms with Crippen LogP contribution < -0.4 is 21.5 Å². The molecule has 5 rings (SSSR count). The summed E-state index contributed by atoms with van der Waals surface area (Å²) in [6.07, 6.45) is 4.64. The molecule has 0 bridgehead atoms. The van der Waals surface area contributed by atoms with Crippen molar-refractivity contribution in [2.24, 2.45) is 0 Å². The van der Waals surface area contributed by atoms with Crippen LogP contribution in [0.15, 0.2) is 41.3 Å². The van der Waals surface area contributed by atoms with Gasteiger partial charge in [-0.15, -0.1) is 0 Å². The van der Waals surface area contributed by atoms with Crippen LogP contribution >= 0.6 is 0 Å². The number of hydrogen-bond acceptors (Lipinski definition) is 6. The fourth-order valence-corrected chi connectivity index (χ4v) is 6.07. The van der Waals surface area contributed by atoms with Crippen LogP contribution in [0.25, 0.3) is 22.2 Å². The van der Waals surface area contributed by atoms with Crippen LogP contribution in [0.3, 0.4) is 0 Å². The summed E-state index contributed by atoms with van der Waals surface area (Å²) >= 11 is 0. The molecule has 0 spiro atoms. The van der Waals surface area contributed by atoms with Gasteiger partial charge in [0.15, 0.2) is 0 Å². The van der Waals surface area contributed by atoms with E-state index in [4.69, 9.17) is 4.98 Å². The Hall–Kier alpha value is -4.15. The van der Waals surface area contributed by atoms with Crippen molar-refractivity contribution in [1.29, 1.82) is 0 Å². The van der Waals surface area contributed by atoms with E-state index in [1.54, 1.807) is 6.20 Å². The molecule has 4 heterocycles. The number of nitrogens with one attached hydrogen (secondary N) is 3. The molecular formula is C33H46N8O3. The van der Waals surface area contributed by atoms with Crippen molar-refractivity contribution in [3.8, 4) is 11.1 Å². The number of fused-ring (bicyclic) bond motifs is 1. The molecule has 2 aliphatic heterocycles. The van der Waals surface area contributed by atoms with Crippen LogP contribution in [0.5, 0.6) is 0 Å². The van der Waals surface area contributed by atoms with Gasteiger partial charge in [-0.1, -0.05) is 24.3 Å². The van der Waals surface area contributed by atoms with Crippen molar-refractivity contribution in [3.63, 3.8) is 0 Å². The van der Waals surface area contributed by atoms with Crippen molar-refractivity contribution in [2.45, 2.75) is 90.9 Å². The van der Waals surface area contributed by atoms with Crippen LogP contribution in [-0.4, -0.2) is 80.2 Å². The number of benzene rings is 1. The van der Waals surface area contributed by atoms with Gasteiger partial charge in [-0.2, -0.15) is 4.98 Å². The van der Waals surface area contributed by atoms with Gasteiger partial charge in [0, 0.05) is 67.0 Å². The van der Waals surface area contributed by atoms with E-state index >= 15 is 0 Å². The van der Waals surface area contributed by atoms with Crippen molar-refractivity contribution in [3.05, 3.63) is 52.4 Å². The molecule has 4 amide bonds. The van der Waals surface area contributed by atoms with E-state index in [9.17, 15) is 14.4 Å². The summed E-state index contributed by atoms with van der Waals surface area (Å²) in [5, 5.41) is 10.3. The van der Waals surface area contributed by atoms with E-state index in [1.165, 1.54) is 0 Å². The number of likely N-dealkylation sites (tertiary alicyclic amines) is 2. The third-order valence-corrected chi connectivity index (χ3v) is 8.33. The Morgan fingerprint density at radius 1 is 0.932 bits per heavy atom. The molecule has 11 heteroatoms. The maximum Gasteiger partial charge on any atom is 0.317 e. The number of piperidine rings is 2. The van der Waals surface area contributed by atoms with Gasteiger partial charge in [0.2, 0.25) is 5.95 Å². The topological polar surface area (TPSA) is 124 Å². The lowest BCUT2D eigenvalue weighted by atomic mass is 9.99. The highest BCUT2D eigenvalue weighted by Crippen LogP contribution is 2.29. The van der Waals surface area contributed by atoms with E-state index in [0.29, 0.717) is 56.2 Å². The van der Waals surface area contributed by atoms with Crippen LogP contribution in [-0.2, 0) is 0 Å². The fraction of sp³-hybridized carbons (Fsp3) is 0.545. The van der Waals surface area contributed by atoms with E-state index in [0.717, 1.165) is 29.4 Å². The zero-order valence-electron chi connectivity index (χ0n) is 26.8. The fourth-order valence-electron chi connectivity index (χ4n) is 6.07. The zero-order valence-corrected chi connectivity index (χ0v) is 26.8. The number of aryl methyl sites for hydroxylation is 1. The number of hydrogen-bond donors (Lipinski definition) is 3. The summed E-state index contributed by atoms with van der Waals surface area (Å²) in [4.78, 5) is 52.7. The Morgan fingerprint density at radius 2 is 1.57 bits per heavy atom. The van der Waals surface area contributed by atoms with E-state index in [2.05, 4.69) is 20.9 Å². The first kappa shape index (κ1) is 31.3. The number of pyridine rings is 1. The summed E-state index contributed by atoms with van der Waals surface area (Å²) in [5.74, 6) is 0.473. The summed E-state index contributed by atoms with van der Waals surface area (Å²) in [5.41, 5.74) is 2.78. The molecule has 0 atom stereocenters. The molecule has 236 valence electrons. The SMILES string of the molecule is Cc1ccccc1-c1cc2cnc(NC3CCN(C(=O)NC(C)(C)C)CC3)nc2n(C2CCN(C(=O)NC(C)C)CC2)c1=O. The molecule has 2 saturated heterocycles. The summed E-state index contributed by atoms with van der Waals surface area (Å²) in [7, 11) is 0. The number of rotatable bonds is 5. The second-order valence-electron chi connectivity index (χ2n) is 13.4. The highest BCUT2D eigenvalue weighted by Gasteiger charge is 2.29. The first-order valence-corrected chi connectivity index (χ1v) is 15.8. The molecule has 0 aliphatic carbocycles. The number of anilines is 1. The van der Waals surface area contributed by atoms with Gasteiger partial charge in [0.05, 0.1) is 0 Å². The van der Waals surface area contributed by atoms with Crippen molar-refractivity contribution in [2.75, 3.05) is 31.5 Å². The number of carbonyl (C=O) groups excluding carboxylic acids is 2. The average Bonchev–Trinajstić information content (AvgIpc) is 2.97. The third-order valence-electron chi connectivity index (χ3n) is 8.33. The predicted molar refractivity (Wildman–Crippen MR) is 174 cm³/mol. The number of aromatic nitrogens is 3. The van der Waals surface area contributed by atoms with Gasteiger partial charge in [-0.25, -0.2) is 14.6 Å². The Kier molecular flexibility index (Phi) is 9.12. The number of carbonyl (C=O) groups is 2. The normalized spacial score (nSPS) is 16.8. The van der Waals surface area contributed by atoms with Crippen LogP contribution in [0, 0.1) is 6.92 Å². The Morgan fingerprint density at radius 3 is 2.20 bits per heavy atom. The van der Waals surface area contributed by atoms with E-state index in [1.807, 2.05) is 86.2 Å². The average molecular weight is 603 g/mol. The summed E-state index contributed by atoms with van der Waals surface area (Å²) < 4.78 is 1.83. The van der Waals surface area contributed by atoms with Gasteiger partial charge >= 0.3 is 12.1 Å². The molecule has 44 heavy (non-hydrogen) atoms. The number of amides is 4. The highest BCUT2D eigenvalue weighted by atomic mass is 16.2. The van der Waals surface area contributed by atoms with Gasteiger partial charge < -0.3 is 25.8 Å². The minimum Gasteiger partial charge on any atom is -0.351 e. The lowest BCUT2D eigenvalue weighted by Crippen LogP contribution is -2.51. The van der Waals surface area contributed by atoms with Crippen molar-refractivity contribution in [1.82, 2.24) is 35.0 Å². The smallest absolute Gasteiger partial charge is 0.317 e. The molecule has 11 nitrogen and oxygen atoms in total. The minimum absolute atomic E-state index is 0.0425. The molecule has 0 saturated carbocycles. The predicted octanol–water partition coefficient (Wildman–Crippen LogP) is 4.91. The van der Waals surface area contributed by atoms with Crippen LogP contribution in [0.2, 0.25) is 0 Å². The Labute approximate surface area is 259 Å². The second kappa shape index (κ2) is 12.8. The molecule has 0 radical (unpaired) electrons. The highest BCUT2D eigenvalue weighted by molar-refractivity contribution is 5.82. The lowest BCUT2D eigenvalue weighted by Gasteiger charge is -2.35. The van der Waals surface area contributed by atoms with Crippen molar-refractivity contribution < 1.29 is 9.59 Å². The Balaban J connectivity index is 1.41. The molecule has 1 aromatic carbocycles. The second-order valence-corrected chi connectivity index (χ2v) is 13.4. The van der Waals surface area contributed by atoms with Gasteiger partial charge in [-0.3, -0.25) is 9.36 Å². The summed E-state index contributed by atoms with van der Waals surface area (Å²) in [6.45, 7) is 14.2. The van der Waals surface area contributed by atoms with Crippen LogP contribution in [0.4, 0.5) is 15.5 Å². The standard InChI is InChI=1S/C33H46N8O3/c1-21(2)35-31(43)39-17-13-25(14-18-39)41-28-23(19-27(29(41)42)26-10-8-7-9-22(26)3)20-34-30(37-28)36-24-11-15-40(16-12-24)32(44)38-33(4,5)6/h7-10,19-21,24-25H,11-18H2,1-6H3,(H,35,43)(H,38,44)(H,34,36,37). The Bertz CT molecular complexity index is 1560.